The molecule has 0 saturated heterocycles. The molecular weight excluding hydrogens is 335 g/mol. The summed E-state index contributed by atoms with van der Waals surface area (Å²) in [4.78, 5) is 11.3. The lowest BCUT2D eigenvalue weighted by Crippen LogP contribution is -2.05. The van der Waals surface area contributed by atoms with Crippen LogP contribution in [0.2, 0.25) is 5.02 Å². The van der Waals surface area contributed by atoms with Crippen molar-refractivity contribution >= 4 is 17.6 Å². The number of carboxylic acid groups (broad SMARTS) is 1. The van der Waals surface area contributed by atoms with Gasteiger partial charge in [0.15, 0.2) is 0 Å². The zero-order chi connectivity index (χ0) is 17.7. The molecule has 0 saturated carbocycles. The highest BCUT2D eigenvalue weighted by molar-refractivity contribution is 6.32. The third-order valence-electron chi connectivity index (χ3n) is 3.53. The first-order valence-corrected chi connectivity index (χ1v) is 7.96. The third kappa shape index (κ3) is 4.38. The summed E-state index contributed by atoms with van der Waals surface area (Å²) in [7, 11) is 0. The molecule has 0 aliphatic carbocycles. The molecule has 2 rings (SSSR count). The number of hydrogen-bond donors (Lipinski definition) is 2. The minimum absolute atomic E-state index is 0.0634. The third-order valence-corrected chi connectivity index (χ3v) is 3.82. The Balaban J connectivity index is 2.31. The first-order chi connectivity index (χ1) is 11.4. The summed E-state index contributed by atoms with van der Waals surface area (Å²) in [5.74, 6) is -1.55. The molecule has 0 amide bonds. The molecule has 2 aromatic rings. The number of aromatic carboxylic acids is 1. The molecule has 4 nitrogen and oxygen atoms in total. The zero-order valence-corrected chi connectivity index (χ0v) is 13.9. The molecule has 0 atom stereocenters. The van der Waals surface area contributed by atoms with Gasteiger partial charge in [-0.2, -0.15) is 0 Å². The highest BCUT2D eigenvalue weighted by atomic mass is 35.5. The Morgan fingerprint density at radius 1 is 1.29 bits per heavy atom. The maximum absolute atomic E-state index is 13.5. The number of rotatable bonds is 7. The first kappa shape index (κ1) is 18.1. The molecule has 0 unspecified atom stereocenters. The molecule has 0 heterocycles. The van der Waals surface area contributed by atoms with E-state index >= 15 is 0 Å². The van der Waals surface area contributed by atoms with Gasteiger partial charge in [-0.3, -0.25) is 0 Å². The van der Waals surface area contributed by atoms with Crippen LogP contribution < -0.4 is 4.74 Å². The van der Waals surface area contributed by atoms with Crippen LogP contribution in [0, 0.1) is 5.82 Å². The van der Waals surface area contributed by atoms with Crippen LogP contribution >= 0.6 is 11.6 Å². The zero-order valence-electron chi connectivity index (χ0n) is 13.2. The van der Waals surface area contributed by atoms with Crippen molar-refractivity contribution < 1.29 is 24.1 Å². The van der Waals surface area contributed by atoms with Crippen LogP contribution in [0.5, 0.6) is 11.5 Å². The van der Waals surface area contributed by atoms with Crippen LogP contribution in [0.3, 0.4) is 0 Å². The number of phenols is 1. The molecule has 24 heavy (non-hydrogen) atoms. The molecule has 2 aromatic carbocycles. The highest BCUT2D eigenvalue weighted by Crippen LogP contribution is 2.31. The van der Waals surface area contributed by atoms with Gasteiger partial charge in [0.25, 0.3) is 0 Å². The fraction of sp³-hybridized carbons (Fsp3) is 0.278. The summed E-state index contributed by atoms with van der Waals surface area (Å²) >= 11 is 5.78. The lowest BCUT2D eigenvalue weighted by atomic mass is 10.0. The lowest BCUT2D eigenvalue weighted by Gasteiger charge is -2.12. The number of unbranched alkanes of at least 4 members (excludes halogenated alkanes) is 1. The van der Waals surface area contributed by atoms with Crippen LogP contribution in [-0.4, -0.2) is 22.8 Å². The van der Waals surface area contributed by atoms with E-state index in [9.17, 15) is 19.4 Å². The molecule has 0 fully saturated rings. The Labute approximate surface area is 144 Å². The van der Waals surface area contributed by atoms with Gasteiger partial charge in [-0.15, -0.1) is 0 Å². The van der Waals surface area contributed by atoms with E-state index in [1.54, 1.807) is 12.1 Å². The van der Waals surface area contributed by atoms with Crippen LogP contribution in [0.25, 0.3) is 0 Å². The van der Waals surface area contributed by atoms with E-state index in [0.29, 0.717) is 17.7 Å². The predicted molar refractivity (Wildman–Crippen MR) is 89.7 cm³/mol. The number of hydrogen-bond acceptors (Lipinski definition) is 3. The van der Waals surface area contributed by atoms with Gasteiger partial charge in [-0.05, 0) is 36.2 Å². The summed E-state index contributed by atoms with van der Waals surface area (Å²) in [5.41, 5.74) is 1.07. The van der Waals surface area contributed by atoms with Crippen molar-refractivity contribution in [3.63, 3.8) is 0 Å². The average Bonchev–Trinajstić information content (AvgIpc) is 2.52. The summed E-state index contributed by atoms with van der Waals surface area (Å²) in [6.45, 7) is 2.42. The van der Waals surface area contributed by atoms with Crippen LogP contribution in [0.1, 0.15) is 41.3 Å². The van der Waals surface area contributed by atoms with Crippen LogP contribution in [-0.2, 0) is 6.42 Å². The maximum atomic E-state index is 13.5. The molecule has 0 spiro atoms. The van der Waals surface area contributed by atoms with E-state index in [0.717, 1.165) is 18.9 Å². The van der Waals surface area contributed by atoms with Crippen molar-refractivity contribution in [2.45, 2.75) is 26.2 Å². The smallest absolute Gasteiger partial charge is 0.339 e. The number of carbonyl (C=O) groups is 1. The Kier molecular flexibility index (Phi) is 6.04. The Morgan fingerprint density at radius 3 is 2.71 bits per heavy atom. The number of benzene rings is 2. The molecular formula is C18H18ClFO4. The van der Waals surface area contributed by atoms with Gasteiger partial charge in [0.1, 0.15) is 22.9 Å². The van der Waals surface area contributed by atoms with Gasteiger partial charge in [-0.1, -0.05) is 31.0 Å². The fourth-order valence-electron chi connectivity index (χ4n) is 2.27. The van der Waals surface area contributed by atoms with Crippen molar-refractivity contribution in [1.29, 1.82) is 0 Å². The maximum Gasteiger partial charge on any atom is 0.339 e. The second-order valence-electron chi connectivity index (χ2n) is 5.41. The minimum Gasteiger partial charge on any atom is -0.506 e. The molecule has 2 N–H and O–H groups in total. The highest BCUT2D eigenvalue weighted by Gasteiger charge is 2.14. The number of halogens is 2. The van der Waals surface area contributed by atoms with Gasteiger partial charge in [-0.25, -0.2) is 9.18 Å². The van der Waals surface area contributed by atoms with Crippen molar-refractivity contribution in [1.82, 2.24) is 0 Å². The van der Waals surface area contributed by atoms with E-state index in [1.165, 1.54) is 12.1 Å². The van der Waals surface area contributed by atoms with Gasteiger partial charge in [0, 0.05) is 12.0 Å². The Bertz CT molecular complexity index is 746. The normalized spacial score (nSPS) is 10.6. The quantitative estimate of drug-likeness (QED) is 0.712. The number of carboxylic acids is 1. The summed E-state index contributed by atoms with van der Waals surface area (Å²) in [5, 5.41) is 19.1. The molecule has 0 aromatic heterocycles. The Hall–Kier alpha value is -2.27. The molecule has 0 bridgehead atoms. The monoisotopic (exact) mass is 352 g/mol. The van der Waals surface area contributed by atoms with Crippen LogP contribution in [0.15, 0.2) is 30.3 Å². The van der Waals surface area contributed by atoms with Gasteiger partial charge in [0.05, 0.1) is 11.6 Å². The second kappa shape index (κ2) is 8.02. The minimum atomic E-state index is -1.08. The van der Waals surface area contributed by atoms with E-state index in [4.69, 9.17) is 16.3 Å². The van der Waals surface area contributed by atoms with Crippen molar-refractivity contribution in [3.05, 3.63) is 57.9 Å². The molecule has 0 aliphatic rings. The van der Waals surface area contributed by atoms with Gasteiger partial charge in [0.2, 0.25) is 0 Å². The number of phenolic OH excluding ortho intramolecular Hbond substituents is 1. The van der Waals surface area contributed by atoms with E-state index < -0.39 is 11.8 Å². The summed E-state index contributed by atoms with van der Waals surface area (Å²) in [6.07, 6.45) is 1.94. The standard InChI is InChI=1S/C18H18ClFO4/c1-2-3-6-24-16-8-11(4-5-14(16)18(22)23)7-12-9-13(20)10-15(19)17(12)21/h4-5,8-10,21H,2-3,6-7H2,1H3,(H,22,23). The van der Waals surface area contributed by atoms with E-state index in [2.05, 4.69) is 0 Å². The second-order valence-corrected chi connectivity index (χ2v) is 5.82. The van der Waals surface area contributed by atoms with E-state index in [-0.39, 0.29) is 28.5 Å². The molecule has 0 radical (unpaired) electrons. The summed E-state index contributed by atoms with van der Waals surface area (Å²) < 4.78 is 19.0. The molecule has 0 aliphatic heterocycles. The predicted octanol–water partition coefficient (Wildman–Crippen LogP) is 4.65. The largest absolute Gasteiger partial charge is 0.506 e. The van der Waals surface area contributed by atoms with Crippen LogP contribution in [0.4, 0.5) is 4.39 Å². The SMILES string of the molecule is CCCCOc1cc(Cc2cc(F)cc(Cl)c2O)ccc1C(=O)O. The van der Waals surface area contributed by atoms with Crippen molar-refractivity contribution in [2.24, 2.45) is 0 Å². The van der Waals surface area contributed by atoms with Gasteiger partial charge >= 0.3 is 5.97 Å². The topological polar surface area (TPSA) is 66.8 Å². The first-order valence-electron chi connectivity index (χ1n) is 7.58. The number of ether oxygens (including phenoxy) is 1. The van der Waals surface area contributed by atoms with Crippen molar-refractivity contribution in [2.75, 3.05) is 6.61 Å². The number of aromatic hydroxyl groups is 1. The summed E-state index contributed by atoms with van der Waals surface area (Å²) in [6, 6.07) is 6.87. The Morgan fingerprint density at radius 2 is 2.04 bits per heavy atom. The lowest BCUT2D eigenvalue weighted by molar-refractivity contribution is 0.0692. The van der Waals surface area contributed by atoms with Crippen molar-refractivity contribution in [3.8, 4) is 11.5 Å². The fourth-order valence-corrected chi connectivity index (χ4v) is 2.50. The molecule has 128 valence electrons. The van der Waals surface area contributed by atoms with Gasteiger partial charge < -0.3 is 14.9 Å². The van der Waals surface area contributed by atoms with E-state index in [1.807, 2.05) is 6.92 Å². The average molecular weight is 353 g/mol. The molecule has 6 heteroatoms.